The summed E-state index contributed by atoms with van der Waals surface area (Å²) >= 11 is 5.53. The molecule has 0 atom stereocenters. The molecule has 0 spiro atoms. The highest BCUT2D eigenvalue weighted by Gasteiger charge is 2.23. The molecule has 0 heterocycles. The predicted molar refractivity (Wildman–Crippen MR) is 58.9 cm³/mol. The van der Waals surface area contributed by atoms with Crippen LogP contribution in [0.1, 0.15) is 17.3 Å². The minimum Gasteiger partial charge on any atom is -0.496 e. The molecule has 0 saturated carbocycles. The van der Waals surface area contributed by atoms with Gasteiger partial charge in [-0.15, -0.1) is 0 Å². The van der Waals surface area contributed by atoms with Crippen LogP contribution in [-0.4, -0.2) is 25.5 Å². The van der Waals surface area contributed by atoms with Gasteiger partial charge in [-0.25, -0.2) is 9.18 Å². The molecule has 0 N–H and O–H groups in total. The van der Waals surface area contributed by atoms with E-state index in [0.717, 1.165) is 12.1 Å². The number of Topliss-reactive ketones (excluding diaryl/α,β-unsaturated/α-hetero) is 1. The van der Waals surface area contributed by atoms with Crippen LogP contribution in [0.4, 0.5) is 4.39 Å². The summed E-state index contributed by atoms with van der Waals surface area (Å²) < 4.78 is 22.5. The van der Waals surface area contributed by atoms with Crippen LogP contribution in [0, 0.1) is 5.82 Å². The predicted octanol–water partition coefficient (Wildman–Crippen LogP) is 2.23. The maximum atomic E-state index is 13.1. The molecule has 0 aliphatic heterocycles. The summed E-state index contributed by atoms with van der Waals surface area (Å²) in [5.41, 5.74) is -0.127. The Bertz CT molecular complexity index is 459. The zero-order valence-corrected chi connectivity index (χ0v) is 10.0. The lowest BCUT2D eigenvalue weighted by Crippen LogP contribution is -2.18. The van der Waals surface area contributed by atoms with E-state index in [1.165, 1.54) is 7.11 Å². The molecule has 92 valence electrons. The van der Waals surface area contributed by atoms with E-state index in [4.69, 9.17) is 16.3 Å². The topological polar surface area (TPSA) is 52.6 Å². The molecule has 17 heavy (non-hydrogen) atoms. The van der Waals surface area contributed by atoms with Crippen molar-refractivity contribution in [2.24, 2.45) is 0 Å². The molecule has 0 aliphatic carbocycles. The quantitative estimate of drug-likeness (QED) is 0.473. The van der Waals surface area contributed by atoms with Crippen molar-refractivity contribution in [1.29, 1.82) is 0 Å². The molecule has 0 radical (unpaired) electrons. The normalized spacial score (nSPS) is 9.88. The van der Waals surface area contributed by atoms with Crippen molar-refractivity contribution in [3.63, 3.8) is 0 Å². The van der Waals surface area contributed by atoms with Crippen molar-refractivity contribution >= 4 is 23.4 Å². The van der Waals surface area contributed by atoms with E-state index < -0.39 is 17.6 Å². The lowest BCUT2D eigenvalue weighted by Gasteiger charge is -2.08. The van der Waals surface area contributed by atoms with Gasteiger partial charge >= 0.3 is 5.97 Å². The number of rotatable bonds is 4. The standard InChI is InChI=1S/C11H10ClFO4/c1-3-17-11(15)10(14)6-4-7(12)8(13)5-9(6)16-2/h4-5H,3H2,1-2H3. The Morgan fingerprint density at radius 2 is 2.06 bits per heavy atom. The largest absolute Gasteiger partial charge is 0.496 e. The Balaban J connectivity index is 3.16. The van der Waals surface area contributed by atoms with Gasteiger partial charge in [-0.1, -0.05) is 11.6 Å². The Hall–Kier alpha value is -1.62. The molecule has 0 unspecified atom stereocenters. The second-order valence-electron chi connectivity index (χ2n) is 3.02. The number of methoxy groups -OCH3 is 1. The number of hydrogen-bond donors (Lipinski definition) is 0. The van der Waals surface area contributed by atoms with E-state index in [0.29, 0.717) is 0 Å². The maximum absolute atomic E-state index is 13.1. The first-order valence-corrected chi connectivity index (χ1v) is 5.13. The first-order chi connectivity index (χ1) is 8.01. The summed E-state index contributed by atoms with van der Waals surface area (Å²) in [6.07, 6.45) is 0. The highest BCUT2D eigenvalue weighted by atomic mass is 35.5. The molecule has 0 fully saturated rings. The highest BCUT2D eigenvalue weighted by Crippen LogP contribution is 2.26. The van der Waals surface area contributed by atoms with E-state index in [1.807, 2.05) is 0 Å². The van der Waals surface area contributed by atoms with Crippen molar-refractivity contribution in [3.8, 4) is 5.75 Å². The van der Waals surface area contributed by atoms with Crippen molar-refractivity contribution in [2.75, 3.05) is 13.7 Å². The maximum Gasteiger partial charge on any atom is 0.379 e. The monoisotopic (exact) mass is 260 g/mol. The Kier molecular flexibility index (Phi) is 4.45. The van der Waals surface area contributed by atoms with Crippen LogP contribution in [0.15, 0.2) is 12.1 Å². The van der Waals surface area contributed by atoms with Gasteiger partial charge < -0.3 is 9.47 Å². The van der Waals surface area contributed by atoms with Gasteiger partial charge in [-0.05, 0) is 13.0 Å². The molecule has 1 aromatic carbocycles. The average Bonchev–Trinajstić information content (AvgIpc) is 2.31. The molecule has 0 saturated heterocycles. The molecule has 0 aromatic heterocycles. The summed E-state index contributed by atoms with van der Waals surface area (Å²) in [6, 6.07) is 1.98. The van der Waals surface area contributed by atoms with Crippen molar-refractivity contribution < 1.29 is 23.5 Å². The third-order valence-corrected chi connectivity index (χ3v) is 2.24. The Labute approximate surface area is 102 Å². The molecular formula is C11H10ClFO4. The summed E-state index contributed by atoms with van der Waals surface area (Å²) in [5.74, 6) is -2.76. The van der Waals surface area contributed by atoms with Crippen LogP contribution in [-0.2, 0) is 9.53 Å². The van der Waals surface area contributed by atoms with E-state index >= 15 is 0 Å². The zero-order chi connectivity index (χ0) is 13.0. The number of benzene rings is 1. The minimum atomic E-state index is -1.03. The van der Waals surface area contributed by atoms with E-state index in [1.54, 1.807) is 6.92 Å². The van der Waals surface area contributed by atoms with Crippen LogP contribution >= 0.6 is 11.6 Å². The minimum absolute atomic E-state index is 0.0649. The Morgan fingerprint density at radius 3 is 2.59 bits per heavy atom. The summed E-state index contributed by atoms with van der Waals surface area (Å²) in [5, 5.41) is -0.265. The number of esters is 1. The molecule has 0 amide bonds. The van der Waals surface area contributed by atoms with Crippen molar-refractivity contribution in [2.45, 2.75) is 6.92 Å². The SMILES string of the molecule is CCOC(=O)C(=O)c1cc(Cl)c(F)cc1OC. The molecule has 6 heteroatoms. The van der Waals surface area contributed by atoms with E-state index in [-0.39, 0.29) is 22.9 Å². The molecule has 1 aromatic rings. The summed E-state index contributed by atoms with van der Waals surface area (Å²) in [4.78, 5) is 22.9. The second-order valence-corrected chi connectivity index (χ2v) is 3.42. The van der Waals surface area contributed by atoms with Crippen molar-refractivity contribution in [3.05, 3.63) is 28.5 Å². The fourth-order valence-corrected chi connectivity index (χ4v) is 1.35. The second kappa shape index (κ2) is 5.63. The molecule has 0 bridgehead atoms. The van der Waals surface area contributed by atoms with Gasteiger partial charge in [0.2, 0.25) is 0 Å². The van der Waals surface area contributed by atoms with Crippen molar-refractivity contribution in [1.82, 2.24) is 0 Å². The number of halogens is 2. The van der Waals surface area contributed by atoms with Gasteiger partial charge in [-0.2, -0.15) is 0 Å². The third-order valence-electron chi connectivity index (χ3n) is 1.95. The fraction of sp³-hybridized carbons (Fsp3) is 0.273. The molecule has 4 nitrogen and oxygen atoms in total. The zero-order valence-electron chi connectivity index (χ0n) is 9.25. The molecular weight excluding hydrogens is 251 g/mol. The van der Waals surface area contributed by atoms with Gasteiger partial charge in [0.25, 0.3) is 5.78 Å². The van der Waals surface area contributed by atoms with Crippen LogP contribution in [0.3, 0.4) is 0 Å². The number of ketones is 1. The van der Waals surface area contributed by atoms with Crippen LogP contribution < -0.4 is 4.74 Å². The van der Waals surface area contributed by atoms with Gasteiger partial charge in [0.15, 0.2) is 0 Å². The van der Waals surface area contributed by atoms with Crippen LogP contribution in [0.5, 0.6) is 5.75 Å². The van der Waals surface area contributed by atoms with Crippen LogP contribution in [0.2, 0.25) is 5.02 Å². The number of carbonyl (C=O) groups is 2. The molecule has 1 rings (SSSR count). The van der Waals surface area contributed by atoms with Gasteiger partial charge in [0.1, 0.15) is 11.6 Å². The average molecular weight is 261 g/mol. The lowest BCUT2D eigenvalue weighted by molar-refractivity contribution is -0.137. The van der Waals surface area contributed by atoms with Crippen LogP contribution in [0.25, 0.3) is 0 Å². The fourth-order valence-electron chi connectivity index (χ4n) is 1.18. The number of hydrogen-bond acceptors (Lipinski definition) is 4. The van der Waals surface area contributed by atoms with Gasteiger partial charge in [0, 0.05) is 6.07 Å². The Morgan fingerprint density at radius 1 is 1.41 bits per heavy atom. The smallest absolute Gasteiger partial charge is 0.379 e. The number of ether oxygens (including phenoxy) is 2. The van der Waals surface area contributed by atoms with E-state index in [9.17, 15) is 14.0 Å². The van der Waals surface area contributed by atoms with E-state index in [2.05, 4.69) is 4.74 Å². The first-order valence-electron chi connectivity index (χ1n) is 4.75. The van der Waals surface area contributed by atoms with Gasteiger partial charge in [-0.3, -0.25) is 4.79 Å². The highest BCUT2D eigenvalue weighted by molar-refractivity contribution is 6.42. The first kappa shape index (κ1) is 13.4. The number of carbonyl (C=O) groups excluding carboxylic acids is 2. The molecule has 0 aliphatic rings. The lowest BCUT2D eigenvalue weighted by atomic mass is 10.1. The summed E-state index contributed by atoms with van der Waals surface area (Å²) in [6.45, 7) is 1.64. The van der Waals surface area contributed by atoms with Gasteiger partial charge in [0.05, 0.1) is 24.3 Å². The summed E-state index contributed by atoms with van der Waals surface area (Å²) in [7, 11) is 1.25. The third kappa shape index (κ3) is 2.94.